The first-order valence-electron chi connectivity index (χ1n) is 16.3. The van der Waals surface area contributed by atoms with Crippen LogP contribution in [0.3, 0.4) is 0 Å². The lowest BCUT2D eigenvalue weighted by molar-refractivity contribution is 0.102. The molecule has 2 N–H and O–H groups in total. The van der Waals surface area contributed by atoms with E-state index in [0.29, 0.717) is 34.9 Å². The van der Waals surface area contributed by atoms with E-state index in [1.54, 1.807) is 18.4 Å². The topological polar surface area (TPSA) is 95.8 Å². The number of hydrogen-bond acceptors (Lipinski definition) is 7. The molecule has 0 bridgehead atoms. The van der Waals surface area contributed by atoms with E-state index in [1.807, 2.05) is 22.7 Å². The highest BCUT2D eigenvalue weighted by molar-refractivity contribution is 7.16. The third-order valence-electron chi connectivity index (χ3n) is 8.02. The lowest BCUT2D eigenvalue weighted by Crippen LogP contribution is -2.24. The molecular weight excluding hydrogens is 570 g/mol. The van der Waals surface area contributed by atoms with E-state index in [-0.39, 0.29) is 12.4 Å². The van der Waals surface area contributed by atoms with Gasteiger partial charge in [-0.05, 0) is 67.5 Å². The van der Waals surface area contributed by atoms with Crippen molar-refractivity contribution >= 4 is 27.8 Å². The number of ketones is 1. The number of H-pyrrole nitrogens is 1. The van der Waals surface area contributed by atoms with Crippen molar-refractivity contribution in [3.63, 3.8) is 0 Å². The maximum Gasteiger partial charge on any atom is 0.206 e. The average molecular weight is 620 g/mol. The molecule has 8 nitrogen and oxygen atoms in total. The molecule has 0 unspecified atom stereocenters. The Labute approximate surface area is 266 Å². The number of allylic oxidation sites excluding steroid dienone is 2. The standard InChI is InChI=1S/C35H49N5O3S/c1-6-10-14-26(15-11-7-2)33(42)32-29(23-27-17-19-31(44-27)39(20-12-8-3)21-13-9-4)35-37-36-34(40(35)38-32)28-22-25(24-41)16-18-30(28)43-5/h14,16-19,22,38,41H,6-13,15,20-21,23-24H2,1-5H3. The summed E-state index contributed by atoms with van der Waals surface area (Å²) in [6.07, 6.45) is 12.0. The molecule has 4 rings (SSSR count). The van der Waals surface area contributed by atoms with Crippen LogP contribution in [-0.2, 0) is 13.0 Å². The normalized spacial score (nSPS) is 11.9. The van der Waals surface area contributed by atoms with Gasteiger partial charge < -0.3 is 14.7 Å². The fourth-order valence-corrected chi connectivity index (χ4v) is 6.49. The molecule has 44 heavy (non-hydrogen) atoms. The monoisotopic (exact) mass is 619 g/mol. The predicted molar refractivity (Wildman–Crippen MR) is 181 cm³/mol. The molecule has 238 valence electrons. The molecule has 0 saturated heterocycles. The highest BCUT2D eigenvalue weighted by Crippen LogP contribution is 2.34. The van der Waals surface area contributed by atoms with Crippen LogP contribution in [0.2, 0.25) is 0 Å². The van der Waals surface area contributed by atoms with Gasteiger partial charge >= 0.3 is 0 Å². The Morgan fingerprint density at radius 1 is 1.02 bits per heavy atom. The van der Waals surface area contributed by atoms with Gasteiger partial charge in [0.1, 0.15) is 11.4 Å². The van der Waals surface area contributed by atoms with Gasteiger partial charge in [-0.3, -0.25) is 9.89 Å². The average Bonchev–Trinajstić information content (AvgIpc) is 3.77. The Morgan fingerprint density at radius 2 is 1.77 bits per heavy atom. The van der Waals surface area contributed by atoms with Gasteiger partial charge in [-0.25, -0.2) is 4.52 Å². The summed E-state index contributed by atoms with van der Waals surface area (Å²) < 4.78 is 7.46. The molecule has 0 fully saturated rings. The van der Waals surface area contributed by atoms with Gasteiger partial charge in [0.2, 0.25) is 5.78 Å². The Kier molecular flexibility index (Phi) is 12.6. The van der Waals surface area contributed by atoms with E-state index in [0.717, 1.165) is 61.9 Å². The molecule has 9 heteroatoms. The Balaban J connectivity index is 1.81. The van der Waals surface area contributed by atoms with Gasteiger partial charge in [0, 0.05) is 30.0 Å². The number of methoxy groups -OCH3 is 1. The fraction of sp³-hybridized carbons (Fsp3) is 0.514. The van der Waals surface area contributed by atoms with Crippen LogP contribution in [0.1, 0.15) is 112 Å². The van der Waals surface area contributed by atoms with E-state index in [4.69, 9.17) is 4.74 Å². The summed E-state index contributed by atoms with van der Waals surface area (Å²) in [7, 11) is 1.61. The largest absolute Gasteiger partial charge is 0.496 e. The second-order valence-corrected chi connectivity index (χ2v) is 12.5. The Hall–Kier alpha value is -3.43. The number of thiophene rings is 1. The minimum Gasteiger partial charge on any atom is -0.496 e. The van der Waals surface area contributed by atoms with Gasteiger partial charge in [-0.15, -0.1) is 21.5 Å². The number of nitrogens with zero attached hydrogens (tertiary/aromatic N) is 4. The number of carbonyl (C=O) groups excluding carboxylic acids is 1. The molecule has 0 aliphatic heterocycles. The number of ether oxygens (including phenoxy) is 1. The SMILES string of the molecule is CCCC=C(CCCC)C(=O)c1[nH]n2c(-c3cc(CO)ccc3OC)nnc2c1Cc1ccc(N(CCCC)CCCC)s1. The van der Waals surface area contributed by atoms with Crippen molar-refractivity contribution in [2.45, 2.75) is 98.5 Å². The van der Waals surface area contributed by atoms with E-state index >= 15 is 0 Å². The zero-order chi connectivity index (χ0) is 31.5. The smallest absolute Gasteiger partial charge is 0.206 e. The summed E-state index contributed by atoms with van der Waals surface area (Å²) in [5, 5.41) is 23.7. The van der Waals surface area contributed by atoms with Gasteiger partial charge in [0.25, 0.3) is 0 Å². The number of aliphatic hydroxyl groups excluding tert-OH is 1. The van der Waals surface area contributed by atoms with Crippen molar-refractivity contribution in [3.8, 4) is 17.1 Å². The molecule has 1 aromatic carbocycles. The third kappa shape index (κ3) is 7.80. The number of aliphatic hydroxyl groups is 1. The van der Waals surface area contributed by atoms with Crippen LogP contribution in [0.5, 0.6) is 5.75 Å². The lowest BCUT2D eigenvalue weighted by Gasteiger charge is -2.22. The number of Topliss-reactive ketones (excluding diaryl/α,β-unsaturated/α-hetero) is 1. The minimum atomic E-state index is -0.101. The van der Waals surface area contributed by atoms with Crippen molar-refractivity contribution in [2.75, 3.05) is 25.1 Å². The number of carbonyl (C=O) groups is 1. The number of aromatic nitrogens is 4. The predicted octanol–water partition coefficient (Wildman–Crippen LogP) is 8.38. The first-order valence-corrected chi connectivity index (χ1v) is 17.1. The summed E-state index contributed by atoms with van der Waals surface area (Å²) >= 11 is 1.80. The van der Waals surface area contributed by atoms with Crippen molar-refractivity contribution in [2.24, 2.45) is 0 Å². The van der Waals surface area contributed by atoms with Crippen LogP contribution in [-0.4, -0.2) is 50.9 Å². The van der Waals surface area contributed by atoms with Crippen LogP contribution in [0.25, 0.3) is 17.0 Å². The second kappa shape index (κ2) is 16.6. The first kappa shape index (κ1) is 33.5. The van der Waals surface area contributed by atoms with Crippen molar-refractivity contribution in [1.29, 1.82) is 0 Å². The second-order valence-electron chi connectivity index (χ2n) is 11.4. The van der Waals surface area contributed by atoms with Gasteiger partial charge in [-0.1, -0.05) is 65.5 Å². The summed E-state index contributed by atoms with van der Waals surface area (Å²) in [4.78, 5) is 17.9. The number of nitrogens with one attached hydrogen (secondary N) is 1. The Bertz CT molecular complexity index is 1520. The number of benzene rings is 1. The zero-order valence-electron chi connectivity index (χ0n) is 27.1. The number of anilines is 1. The molecule has 4 aromatic rings. The highest BCUT2D eigenvalue weighted by Gasteiger charge is 2.26. The van der Waals surface area contributed by atoms with E-state index in [9.17, 15) is 9.90 Å². The van der Waals surface area contributed by atoms with Crippen LogP contribution >= 0.6 is 11.3 Å². The van der Waals surface area contributed by atoms with Gasteiger partial charge in [0.15, 0.2) is 11.5 Å². The number of fused-ring (bicyclic) bond motifs is 1. The molecule has 0 amide bonds. The molecule has 3 aromatic heterocycles. The summed E-state index contributed by atoms with van der Waals surface area (Å²) in [5.74, 6) is 1.19. The quantitative estimate of drug-likeness (QED) is 0.0809. The maximum atomic E-state index is 14.2. The molecule has 0 spiro atoms. The van der Waals surface area contributed by atoms with Gasteiger partial charge in [0.05, 0.1) is 24.3 Å². The summed E-state index contributed by atoms with van der Waals surface area (Å²) in [6, 6.07) is 9.93. The van der Waals surface area contributed by atoms with E-state index in [1.165, 1.54) is 35.6 Å². The lowest BCUT2D eigenvalue weighted by atomic mass is 9.97. The molecule has 0 radical (unpaired) electrons. The number of rotatable bonds is 19. The van der Waals surface area contributed by atoms with E-state index in [2.05, 4.69) is 66.1 Å². The van der Waals surface area contributed by atoms with Crippen molar-refractivity contribution in [1.82, 2.24) is 19.8 Å². The molecule has 0 saturated carbocycles. The highest BCUT2D eigenvalue weighted by atomic mass is 32.1. The fourth-order valence-electron chi connectivity index (χ4n) is 5.43. The number of aromatic amines is 1. The maximum absolute atomic E-state index is 14.2. The van der Waals surface area contributed by atoms with Crippen molar-refractivity contribution in [3.05, 3.63) is 63.7 Å². The molecule has 3 heterocycles. The summed E-state index contributed by atoms with van der Waals surface area (Å²) in [5.41, 5.74) is 4.35. The van der Waals surface area contributed by atoms with E-state index < -0.39 is 0 Å². The molecular formula is C35H49N5O3S. The summed E-state index contributed by atoms with van der Waals surface area (Å²) in [6.45, 7) is 10.8. The van der Waals surface area contributed by atoms with Crippen molar-refractivity contribution < 1.29 is 14.6 Å². The third-order valence-corrected chi connectivity index (χ3v) is 9.16. The zero-order valence-corrected chi connectivity index (χ0v) is 27.9. The van der Waals surface area contributed by atoms with Crippen LogP contribution < -0.4 is 9.64 Å². The van der Waals surface area contributed by atoms with Crippen LogP contribution in [0.4, 0.5) is 5.00 Å². The van der Waals surface area contributed by atoms with Gasteiger partial charge in [-0.2, -0.15) is 0 Å². The molecule has 0 aliphatic rings. The number of unbranched alkanes of at least 4 members (excludes halogenated alkanes) is 4. The minimum absolute atomic E-state index is 0.0266. The Morgan fingerprint density at radius 3 is 2.43 bits per heavy atom. The van der Waals surface area contributed by atoms with Crippen LogP contribution in [0, 0.1) is 0 Å². The number of hydrogen-bond donors (Lipinski definition) is 2. The first-order chi connectivity index (χ1) is 21.5. The molecule has 0 atom stereocenters. The molecule has 0 aliphatic carbocycles. The van der Waals surface area contributed by atoms with Crippen LogP contribution in [0.15, 0.2) is 42.0 Å².